The third kappa shape index (κ3) is 44.2. The molecule has 0 aromatic carbocycles. The summed E-state index contributed by atoms with van der Waals surface area (Å²) in [5.74, 6) is -0.0569. The zero-order valence-electron chi connectivity index (χ0n) is 38.4. The van der Waals surface area contributed by atoms with Crippen LogP contribution in [0.2, 0.25) is 0 Å². The number of carbonyl (C=O) groups is 1. The number of allylic oxidation sites excluding steroid dienone is 1. The van der Waals surface area contributed by atoms with Crippen molar-refractivity contribution in [3.63, 3.8) is 0 Å². The van der Waals surface area contributed by atoms with E-state index in [9.17, 15) is 15.0 Å². The number of aliphatic hydroxyl groups excluding tert-OH is 2. The van der Waals surface area contributed by atoms with Gasteiger partial charge in [-0.25, -0.2) is 0 Å². The number of amides is 1. The second-order valence-corrected chi connectivity index (χ2v) is 18.0. The summed E-state index contributed by atoms with van der Waals surface area (Å²) in [5, 5.41) is 23.1. The molecule has 0 saturated carbocycles. The summed E-state index contributed by atoms with van der Waals surface area (Å²) in [6.45, 7) is 4.35. The summed E-state index contributed by atoms with van der Waals surface area (Å²) in [5.41, 5.74) is 0. The lowest BCUT2D eigenvalue weighted by Gasteiger charge is -2.20. The van der Waals surface area contributed by atoms with Gasteiger partial charge in [0.05, 0.1) is 18.8 Å². The van der Waals surface area contributed by atoms with Crippen molar-refractivity contribution in [2.24, 2.45) is 0 Å². The molecule has 0 aromatic rings. The lowest BCUT2D eigenvalue weighted by atomic mass is 10.0. The van der Waals surface area contributed by atoms with Gasteiger partial charge in [0.1, 0.15) is 0 Å². The van der Waals surface area contributed by atoms with Crippen molar-refractivity contribution in [1.29, 1.82) is 0 Å². The lowest BCUT2D eigenvalue weighted by molar-refractivity contribution is -0.123. The van der Waals surface area contributed by atoms with E-state index >= 15 is 0 Å². The number of nitrogens with one attached hydrogen (secondary N) is 1. The zero-order chi connectivity index (χ0) is 40.7. The molecule has 0 heterocycles. The van der Waals surface area contributed by atoms with E-state index in [4.69, 9.17) is 0 Å². The van der Waals surface area contributed by atoms with Crippen LogP contribution in [0, 0.1) is 0 Å². The van der Waals surface area contributed by atoms with E-state index in [1.165, 1.54) is 250 Å². The Morgan fingerprint density at radius 1 is 0.411 bits per heavy atom. The Morgan fingerprint density at radius 3 is 0.929 bits per heavy atom. The number of unbranched alkanes of at least 4 members (excludes halogenated alkanes) is 41. The first-order valence-corrected chi connectivity index (χ1v) is 25.9. The summed E-state index contributed by atoms with van der Waals surface area (Å²) in [6, 6.07) is -0.617. The first-order chi connectivity index (χ1) is 27.7. The third-order valence-corrected chi connectivity index (χ3v) is 12.3. The molecular weight excluding hydrogens is 687 g/mol. The summed E-state index contributed by atoms with van der Waals surface area (Å²) in [6.07, 6.45) is 62.1. The fourth-order valence-electron chi connectivity index (χ4n) is 8.30. The van der Waals surface area contributed by atoms with Gasteiger partial charge in [-0.15, -0.1) is 0 Å². The normalized spacial score (nSPS) is 12.9. The fraction of sp³-hybridized carbons (Fsp3) is 0.942. The van der Waals surface area contributed by atoms with Crippen molar-refractivity contribution in [2.75, 3.05) is 6.61 Å². The minimum atomic E-state index is -0.835. The Kier molecular flexibility index (Phi) is 47.7. The Morgan fingerprint density at radius 2 is 0.661 bits per heavy atom. The zero-order valence-corrected chi connectivity index (χ0v) is 38.4. The van der Waals surface area contributed by atoms with Gasteiger partial charge in [0.25, 0.3) is 0 Å². The van der Waals surface area contributed by atoms with Gasteiger partial charge in [0, 0.05) is 6.42 Å². The highest BCUT2D eigenvalue weighted by Crippen LogP contribution is 2.17. The molecule has 0 spiro atoms. The highest BCUT2D eigenvalue weighted by molar-refractivity contribution is 5.76. The van der Waals surface area contributed by atoms with E-state index in [1.54, 1.807) is 6.08 Å². The molecule has 0 fully saturated rings. The molecule has 56 heavy (non-hydrogen) atoms. The van der Waals surface area contributed by atoms with E-state index in [0.29, 0.717) is 6.42 Å². The smallest absolute Gasteiger partial charge is 0.220 e. The Hall–Kier alpha value is -0.870. The van der Waals surface area contributed by atoms with E-state index in [1.807, 2.05) is 6.08 Å². The maximum absolute atomic E-state index is 12.4. The Bertz CT molecular complexity index is 769. The van der Waals surface area contributed by atoms with Crippen molar-refractivity contribution >= 4 is 5.91 Å². The molecular formula is C52H103NO3. The van der Waals surface area contributed by atoms with Gasteiger partial charge in [-0.3, -0.25) is 4.79 Å². The number of hydrogen-bond donors (Lipinski definition) is 3. The molecule has 1 amide bonds. The van der Waals surface area contributed by atoms with Crippen LogP contribution in [0.25, 0.3) is 0 Å². The van der Waals surface area contributed by atoms with Gasteiger partial charge in [-0.1, -0.05) is 283 Å². The average Bonchev–Trinajstić information content (AvgIpc) is 3.20. The van der Waals surface area contributed by atoms with Gasteiger partial charge in [-0.2, -0.15) is 0 Å². The topological polar surface area (TPSA) is 69.6 Å². The van der Waals surface area contributed by atoms with Gasteiger partial charge in [0.15, 0.2) is 0 Å². The van der Waals surface area contributed by atoms with E-state index in [-0.39, 0.29) is 12.5 Å². The second kappa shape index (κ2) is 48.5. The average molecular weight is 790 g/mol. The summed E-state index contributed by atoms with van der Waals surface area (Å²) < 4.78 is 0. The first-order valence-electron chi connectivity index (χ1n) is 25.9. The third-order valence-electron chi connectivity index (χ3n) is 12.3. The van der Waals surface area contributed by atoms with Gasteiger partial charge in [-0.05, 0) is 19.3 Å². The molecule has 4 nitrogen and oxygen atoms in total. The molecule has 0 bridgehead atoms. The highest BCUT2D eigenvalue weighted by atomic mass is 16.3. The summed E-state index contributed by atoms with van der Waals surface area (Å²) in [4.78, 5) is 12.4. The van der Waals surface area contributed by atoms with Gasteiger partial charge >= 0.3 is 0 Å². The van der Waals surface area contributed by atoms with Crippen LogP contribution in [0.3, 0.4) is 0 Å². The molecule has 4 heteroatoms. The number of hydrogen-bond acceptors (Lipinski definition) is 3. The lowest BCUT2D eigenvalue weighted by Crippen LogP contribution is -2.45. The molecule has 3 N–H and O–H groups in total. The molecule has 334 valence electrons. The van der Waals surface area contributed by atoms with Crippen LogP contribution in [-0.2, 0) is 4.79 Å². The summed E-state index contributed by atoms with van der Waals surface area (Å²) >= 11 is 0. The monoisotopic (exact) mass is 790 g/mol. The SMILES string of the molecule is CCCCCCCCCCCCCCCCCCCCCCCC/C=C/C(O)C(CO)NC(=O)CCCCCCCCCCCCCCCCCCCCCC. The minimum absolute atomic E-state index is 0.0569. The van der Waals surface area contributed by atoms with E-state index in [0.717, 1.165) is 25.7 Å². The quantitative estimate of drug-likeness (QED) is 0.0425. The molecule has 0 radical (unpaired) electrons. The summed E-state index contributed by atoms with van der Waals surface area (Å²) in [7, 11) is 0. The first kappa shape index (κ1) is 55.1. The number of carbonyl (C=O) groups excluding carboxylic acids is 1. The van der Waals surface area contributed by atoms with E-state index < -0.39 is 12.1 Å². The molecule has 0 aliphatic heterocycles. The van der Waals surface area contributed by atoms with Crippen LogP contribution < -0.4 is 5.32 Å². The number of aliphatic hydroxyl groups is 2. The number of rotatable bonds is 48. The van der Waals surface area contributed by atoms with Crippen molar-refractivity contribution in [3.05, 3.63) is 12.2 Å². The van der Waals surface area contributed by atoms with Crippen LogP contribution in [-0.4, -0.2) is 34.9 Å². The molecule has 2 atom stereocenters. The molecule has 2 unspecified atom stereocenters. The molecule has 0 saturated heterocycles. The van der Waals surface area contributed by atoms with Gasteiger partial charge < -0.3 is 15.5 Å². The van der Waals surface area contributed by atoms with Crippen molar-refractivity contribution in [1.82, 2.24) is 5.32 Å². The van der Waals surface area contributed by atoms with E-state index in [2.05, 4.69) is 19.2 Å². The Balaban J connectivity index is 3.47. The van der Waals surface area contributed by atoms with Crippen LogP contribution in [0.15, 0.2) is 12.2 Å². The second-order valence-electron chi connectivity index (χ2n) is 18.0. The van der Waals surface area contributed by atoms with Crippen LogP contribution in [0.1, 0.15) is 296 Å². The molecule has 0 rings (SSSR count). The highest BCUT2D eigenvalue weighted by Gasteiger charge is 2.18. The molecule has 0 aliphatic rings. The Labute approximate surface area is 352 Å². The van der Waals surface area contributed by atoms with Crippen LogP contribution in [0.5, 0.6) is 0 Å². The van der Waals surface area contributed by atoms with Crippen molar-refractivity contribution in [2.45, 2.75) is 309 Å². The van der Waals surface area contributed by atoms with Crippen LogP contribution >= 0.6 is 0 Å². The van der Waals surface area contributed by atoms with Crippen LogP contribution in [0.4, 0.5) is 0 Å². The van der Waals surface area contributed by atoms with Gasteiger partial charge in [0.2, 0.25) is 5.91 Å². The maximum Gasteiger partial charge on any atom is 0.220 e. The minimum Gasteiger partial charge on any atom is -0.394 e. The largest absolute Gasteiger partial charge is 0.394 e. The van der Waals surface area contributed by atoms with Crippen molar-refractivity contribution < 1.29 is 15.0 Å². The van der Waals surface area contributed by atoms with Crippen molar-refractivity contribution in [3.8, 4) is 0 Å². The fourth-order valence-corrected chi connectivity index (χ4v) is 8.30. The predicted octanol–water partition coefficient (Wildman–Crippen LogP) is 16.6. The predicted molar refractivity (Wildman–Crippen MR) is 249 cm³/mol. The molecule has 0 aromatic heterocycles. The molecule has 0 aliphatic carbocycles. The standard InChI is InChI=1S/C52H103NO3/c1-3-5-7-9-11-13-15-17-19-21-23-25-26-27-28-29-31-33-35-37-39-41-43-45-47-51(55)50(49-54)53-52(56)48-46-44-42-40-38-36-34-32-30-24-22-20-18-16-14-12-10-8-6-4-2/h45,47,50-51,54-55H,3-44,46,48-49H2,1-2H3,(H,53,56)/b47-45+. The maximum atomic E-state index is 12.4.